The number of hydrogen-bond acceptors (Lipinski definition) is 3. The molecule has 0 radical (unpaired) electrons. The van der Waals surface area contributed by atoms with E-state index in [0.29, 0.717) is 15.8 Å². The Morgan fingerprint density at radius 2 is 1.78 bits per heavy atom. The van der Waals surface area contributed by atoms with Crippen molar-refractivity contribution in [1.29, 1.82) is 0 Å². The highest BCUT2D eigenvalue weighted by Gasteiger charge is 2.19. The zero-order chi connectivity index (χ0) is 13.1. The van der Waals surface area contributed by atoms with E-state index in [0.717, 1.165) is 0 Å². The molecule has 0 heterocycles. The van der Waals surface area contributed by atoms with E-state index >= 15 is 0 Å². The molecule has 0 aliphatic heterocycles. The van der Waals surface area contributed by atoms with Crippen molar-refractivity contribution in [2.24, 2.45) is 0 Å². The van der Waals surface area contributed by atoms with Crippen molar-refractivity contribution in [3.63, 3.8) is 0 Å². The van der Waals surface area contributed by atoms with Gasteiger partial charge in [0.1, 0.15) is 5.75 Å². The van der Waals surface area contributed by atoms with Gasteiger partial charge in [-0.3, -0.25) is 10.0 Å². The van der Waals surface area contributed by atoms with Crippen LogP contribution in [0, 0.1) is 0 Å². The molecule has 2 aromatic rings. The van der Waals surface area contributed by atoms with Gasteiger partial charge in [-0.2, -0.15) is 5.06 Å². The summed E-state index contributed by atoms with van der Waals surface area (Å²) in [5.41, 5.74) is 0.246. The minimum atomic E-state index is -0.749. The van der Waals surface area contributed by atoms with Crippen LogP contribution in [-0.4, -0.2) is 16.2 Å². The molecule has 0 saturated carbocycles. The lowest BCUT2D eigenvalue weighted by atomic mass is 10.2. The second-order valence-corrected chi connectivity index (χ2v) is 4.05. The van der Waals surface area contributed by atoms with E-state index in [1.807, 2.05) is 0 Å². The van der Waals surface area contributed by atoms with E-state index in [2.05, 4.69) is 0 Å². The third kappa shape index (κ3) is 2.45. The number of benzene rings is 2. The van der Waals surface area contributed by atoms with Crippen molar-refractivity contribution >= 4 is 23.2 Å². The fourth-order valence-corrected chi connectivity index (χ4v) is 1.65. The second-order valence-electron chi connectivity index (χ2n) is 3.61. The number of para-hydroxylation sites is 1. The SMILES string of the molecule is O=C(c1cc(Cl)ccc1O)N(O)c1ccccc1. The van der Waals surface area contributed by atoms with Gasteiger partial charge in [-0.15, -0.1) is 0 Å². The molecular formula is C13H10ClNO3. The number of halogens is 1. The Morgan fingerprint density at radius 1 is 1.11 bits per heavy atom. The largest absolute Gasteiger partial charge is 0.507 e. The predicted molar refractivity (Wildman–Crippen MR) is 68.2 cm³/mol. The van der Waals surface area contributed by atoms with Gasteiger partial charge in [-0.1, -0.05) is 29.8 Å². The van der Waals surface area contributed by atoms with Crippen LogP contribution in [0.2, 0.25) is 5.02 Å². The number of aromatic hydroxyl groups is 1. The normalized spacial score (nSPS) is 10.1. The van der Waals surface area contributed by atoms with E-state index < -0.39 is 5.91 Å². The lowest BCUT2D eigenvalue weighted by molar-refractivity contribution is 0.0852. The number of phenolic OH excluding ortho intramolecular Hbond substituents is 1. The molecule has 4 nitrogen and oxygen atoms in total. The quantitative estimate of drug-likeness (QED) is 0.647. The van der Waals surface area contributed by atoms with Crippen LogP contribution < -0.4 is 5.06 Å². The van der Waals surface area contributed by atoms with Gasteiger partial charge in [0.05, 0.1) is 11.3 Å². The Balaban J connectivity index is 2.34. The zero-order valence-corrected chi connectivity index (χ0v) is 10.0. The van der Waals surface area contributed by atoms with Crippen LogP contribution in [0.4, 0.5) is 5.69 Å². The van der Waals surface area contributed by atoms with Crippen LogP contribution in [-0.2, 0) is 0 Å². The molecule has 0 bridgehead atoms. The highest BCUT2D eigenvalue weighted by atomic mass is 35.5. The monoisotopic (exact) mass is 263 g/mol. The molecule has 92 valence electrons. The Labute approximate surface area is 109 Å². The number of nitrogens with zero attached hydrogens (tertiary/aromatic N) is 1. The summed E-state index contributed by atoms with van der Waals surface area (Å²) in [7, 11) is 0. The fraction of sp³-hybridized carbons (Fsp3) is 0. The van der Waals surface area contributed by atoms with Crippen LogP contribution in [0.15, 0.2) is 48.5 Å². The minimum Gasteiger partial charge on any atom is -0.507 e. The molecule has 2 N–H and O–H groups in total. The van der Waals surface area contributed by atoms with E-state index in [1.165, 1.54) is 18.2 Å². The first-order valence-corrected chi connectivity index (χ1v) is 5.54. The topological polar surface area (TPSA) is 60.8 Å². The molecule has 0 aliphatic carbocycles. The molecule has 2 aromatic carbocycles. The summed E-state index contributed by atoms with van der Waals surface area (Å²) in [6.45, 7) is 0. The third-order valence-electron chi connectivity index (χ3n) is 2.38. The molecule has 5 heteroatoms. The smallest absolute Gasteiger partial charge is 0.285 e. The average Bonchev–Trinajstić information content (AvgIpc) is 2.41. The summed E-state index contributed by atoms with van der Waals surface area (Å²) >= 11 is 5.75. The summed E-state index contributed by atoms with van der Waals surface area (Å²) in [5, 5.41) is 20.1. The molecule has 0 unspecified atom stereocenters. The van der Waals surface area contributed by atoms with Gasteiger partial charge in [-0.25, -0.2) is 0 Å². The van der Waals surface area contributed by atoms with Crippen LogP contribution in [0.5, 0.6) is 5.75 Å². The van der Waals surface area contributed by atoms with Gasteiger partial charge >= 0.3 is 0 Å². The molecule has 0 aromatic heterocycles. The van der Waals surface area contributed by atoms with E-state index in [4.69, 9.17) is 11.6 Å². The standard InChI is InChI=1S/C13H10ClNO3/c14-9-6-7-12(16)11(8-9)13(17)15(18)10-4-2-1-3-5-10/h1-8,16,18H. The second kappa shape index (κ2) is 5.08. The summed E-state index contributed by atoms with van der Waals surface area (Å²) < 4.78 is 0. The highest BCUT2D eigenvalue weighted by molar-refractivity contribution is 6.31. The van der Waals surface area contributed by atoms with Crippen molar-refractivity contribution in [2.45, 2.75) is 0 Å². The number of hydrogen-bond donors (Lipinski definition) is 2. The number of rotatable bonds is 2. The van der Waals surface area contributed by atoms with Gasteiger partial charge in [0.25, 0.3) is 5.91 Å². The number of anilines is 1. The first kappa shape index (κ1) is 12.4. The Morgan fingerprint density at radius 3 is 2.44 bits per heavy atom. The fourth-order valence-electron chi connectivity index (χ4n) is 1.48. The Hall–Kier alpha value is -2.04. The van der Waals surface area contributed by atoms with Gasteiger partial charge < -0.3 is 5.11 Å². The molecule has 1 amide bonds. The maximum Gasteiger partial charge on any atom is 0.285 e. The van der Waals surface area contributed by atoms with E-state index in [-0.39, 0.29) is 11.3 Å². The first-order chi connectivity index (χ1) is 8.59. The molecule has 0 aliphatic rings. The van der Waals surface area contributed by atoms with E-state index in [9.17, 15) is 15.1 Å². The summed E-state index contributed by atoms with van der Waals surface area (Å²) in [5.74, 6) is -0.986. The maximum atomic E-state index is 12.0. The molecule has 0 spiro atoms. The Bertz CT molecular complexity index is 572. The molecular weight excluding hydrogens is 254 g/mol. The molecule has 0 saturated heterocycles. The molecule has 18 heavy (non-hydrogen) atoms. The molecule has 0 fully saturated rings. The van der Waals surface area contributed by atoms with Crippen LogP contribution in [0.25, 0.3) is 0 Å². The molecule has 2 rings (SSSR count). The van der Waals surface area contributed by atoms with Crippen LogP contribution >= 0.6 is 11.6 Å². The summed E-state index contributed by atoms with van der Waals surface area (Å²) in [4.78, 5) is 12.0. The van der Waals surface area contributed by atoms with Gasteiger partial charge in [0.15, 0.2) is 0 Å². The van der Waals surface area contributed by atoms with Gasteiger partial charge in [0, 0.05) is 5.02 Å². The average molecular weight is 264 g/mol. The number of hydroxylamine groups is 1. The van der Waals surface area contributed by atoms with Crippen molar-refractivity contribution in [1.82, 2.24) is 0 Å². The van der Waals surface area contributed by atoms with E-state index in [1.54, 1.807) is 30.3 Å². The lowest BCUT2D eigenvalue weighted by Gasteiger charge is -2.15. The van der Waals surface area contributed by atoms with Gasteiger partial charge in [0.2, 0.25) is 0 Å². The Kier molecular flexibility index (Phi) is 3.50. The van der Waals surface area contributed by atoms with Crippen molar-refractivity contribution in [2.75, 3.05) is 5.06 Å². The minimum absolute atomic E-state index is 0.0612. The first-order valence-electron chi connectivity index (χ1n) is 5.16. The maximum absolute atomic E-state index is 12.0. The van der Waals surface area contributed by atoms with Crippen LogP contribution in [0.1, 0.15) is 10.4 Å². The van der Waals surface area contributed by atoms with Gasteiger partial charge in [-0.05, 0) is 30.3 Å². The number of carbonyl (C=O) groups excluding carboxylic acids is 1. The highest BCUT2D eigenvalue weighted by Crippen LogP contribution is 2.24. The number of amides is 1. The van der Waals surface area contributed by atoms with Crippen molar-refractivity contribution in [3.05, 3.63) is 59.1 Å². The van der Waals surface area contributed by atoms with Crippen molar-refractivity contribution in [3.8, 4) is 5.75 Å². The number of carbonyl (C=O) groups is 1. The lowest BCUT2D eigenvalue weighted by Crippen LogP contribution is -2.26. The summed E-state index contributed by atoms with van der Waals surface area (Å²) in [6.07, 6.45) is 0. The van der Waals surface area contributed by atoms with Crippen LogP contribution in [0.3, 0.4) is 0 Å². The molecule has 0 atom stereocenters. The predicted octanol–water partition coefficient (Wildman–Crippen LogP) is 3.08. The van der Waals surface area contributed by atoms with Crippen molar-refractivity contribution < 1.29 is 15.1 Å². The number of phenols is 1. The third-order valence-corrected chi connectivity index (χ3v) is 2.62. The zero-order valence-electron chi connectivity index (χ0n) is 9.25. The summed E-state index contributed by atoms with van der Waals surface area (Å²) in [6, 6.07) is 12.3.